The summed E-state index contributed by atoms with van der Waals surface area (Å²) in [5, 5.41) is 4.01. The summed E-state index contributed by atoms with van der Waals surface area (Å²) in [6.45, 7) is 2.10. The van der Waals surface area contributed by atoms with Crippen LogP contribution in [0.4, 0.5) is 0 Å². The molecule has 3 rings (SSSR count). The van der Waals surface area contributed by atoms with E-state index < -0.39 is 5.97 Å². The number of esters is 1. The van der Waals surface area contributed by atoms with E-state index in [9.17, 15) is 4.79 Å². The predicted molar refractivity (Wildman–Crippen MR) is 88.8 cm³/mol. The van der Waals surface area contributed by atoms with E-state index in [-0.39, 0.29) is 0 Å². The number of carbonyl (C=O) groups is 1. The summed E-state index contributed by atoms with van der Waals surface area (Å²) in [5.41, 5.74) is 2.47. The highest BCUT2D eigenvalue weighted by Gasteiger charge is 2.24. The lowest BCUT2D eigenvalue weighted by Crippen LogP contribution is -2.04. The molecule has 24 heavy (non-hydrogen) atoms. The van der Waals surface area contributed by atoms with Gasteiger partial charge in [-0.3, -0.25) is 0 Å². The van der Waals surface area contributed by atoms with Gasteiger partial charge in [0, 0.05) is 5.56 Å². The summed E-state index contributed by atoms with van der Waals surface area (Å²) >= 11 is 0. The zero-order valence-corrected chi connectivity index (χ0v) is 13.5. The second-order valence-electron chi connectivity index (χ2n) is 5.22. The van der Waals surface area contributed by atoms with Crippen molar-refractivity contribution < 1.29 is 18.8 Å². The van der Waals surface area contributed by atoms with Crippen molar-refractivity contribution in [2.24, 2.45) is 0 Å². The lowest BCUT2D eigenvalue weighted by Gasteiger charge is -2.10. The van der Waals surface area contributed by atoms with Gasteiger partial charge in [0.05, 0.1) is 7.11 Å². The topological polar surface area (TPSA) is 61.6 Å². The molecule has 5 heteroatoms. The minimum absolute atomic E-state index is 0.313. The van der Waals surface area contributed by atoms with E-state index >= 15 is 0 Å². The molecule has 0 aliphatic carbocycles. The number of aryl methyl sites for hydroxylation is 1. The smallest absolute Gasteiger partial charge is 0.343 e. The van der Waals surface area contributed by atoms with Gasteiger partial charge in [-0.1, -0.05) is 47.6 Å². The Morgan fingerprint density at radius 2 is 1.79 bits per heavy atom. The highest BCUT2D eigenvalue weighted by atomic mass is 16.5. The minimum atomic E-state index is -0.485. The molecular formula is C19H17NO4. The van der Waals surface area contributed by atoms with E-state index in [1.165, 1.54) is 7.11 Å². The molecule has 0 atom stereocenters. The molecule has 0 amide bonds. The summed E-state index contributed by atoms with van der Waals surface area (Å²) in [7, 11) is 1.33. The zero-order valence-electron chi connectivity index (χ0n) is 13.5. The average molecular weight is 323 g/mol. The molecule has 0 saturated carbocycles. The van der Waals surface area contributed by atoms with Gasteiger partial charge >= 0.3 is 5.97 Å². The molecule has 0 radical (unpaired) electrons. The van der Waals surface area contributed by atoms with Crippen LogP contribution < -0.4 is 4.74 Å². The first-order valence-corrected chi connectivity index (χ1v) is 7.51. The largest absolute Gasteiger partial charge is 0.488 e. The molecule has 0 unspecified atom stereocenters. The van der Waals surface area contributed by atoms with Crippen molar-refractivity contribution >= 4 is 5.97 Å². The Bertz CT molecular complexity index is 840. The second kappa shape index (κ2) is 7.00. The van der Waals surface area contributed by atoms with Crippen molar-refractivity contribution in [3.63, 3.8) is 0 Å². The van der Waals surface area contributed by atoms with Gasteiger partial charge in [-0.2, -0.15) is 0 Å². The van der Waals surface area contributed by atoms with Crippen LogP contribution in [0.5, 0.6) is 5.75 Å². The third-order valence-electron chi connectivity index (χ3n) is 3.63. The number of rotatable bonds is 5. The molecule has 0 aliphatic heterocycles. The van der Waals surface area contributed by atoms with E-state index in [1.54, 1.807) is 6.92 Å². The monoisotopic (exact) mass is 323 g/mol. The summed E-state index contributed by atoms with van der Waals surface area (Å²) in [6, 6.07) is 17.3. The fraction of sp³-hybridized carbons (Fsp3) is 0.158. The maximum Gasteiger partial charge on any atom is 0.343 e. The molecule has 0 spiro atoms. The van der Waals surface area contributed by atoms with Gasteiger partial charge in [0.25, 0.3) is 0 Å². The molecule has 122 valence electrons. The van der Waals surface area contributed by atoms with Gasteiger partial charge < -0.3 is 14.0 Å². The predicted octanol–water partition coefficient (Wildman–Crippen LogP) is 4.02. The Hall–Kier alpha value is -3.08. The number of nitrogens with zero attached hydrogens (tertiary/aromatic N) is 1. The van der Waals surface area contributed by atoms with Crippen molar-refractivity contribution in [3.05, 3.63) is 71.5 Å². The summed E-state index contributed by atoms with van der Waals surface area (Å²) < 4.78 is 15.9. The molecule has 0 fully saturated rings. The van der Waals surface area contributed by atoms with Crippen LogP contribution in [0.15, 0.2) is 59.1 Å². The van der Waals surface area contributed by atoms with Crippen molar-refractivity contribution in [2.45, 2.75) is 13.5 Å². The van der Waals surface area contributed by atoms with Crippen LogP contribution in [0.25, 0.3) is 11.3 Å². The number of aromatic nitrogens is 1. The number of benzene rings is 2. The summed E-state index contributed by atoms with van der Waals surface area (Å²) in [5.74, 6) is 0.552. The Morgan fingerprint density at radius 1 is 1.08 bits per heavy atom. The van der Waals surface area contributed by atoms with Crippen LogP contribution >= 0.6 is 0 Å². The third-order valence-corrected chi connectivity index (χ3v) is 3.63. The van der Waals surface area contributed by atoms with Crippen LogP contribution in [0, 0.1) is 6.92 Å². The quantitative estimate of drug-likeness (QED) is 0.664. The Balaban J connectivity index is 1.94. The standard InChI is InChI=1S/C19H17NO4/c1-13-17(19(21)22-2)18(20-24-13)15-10-6-7-11-16(15)23-12-14-8-4-3-5-9-14/h3-11H,12H2,1-2H3. The van der Waals surface area contributed by atoms with Crippen LogP contribution in [-0.4, -0.2) is 18.2 Å². The molecule has 0 saturated heterocycles. The van der Waals surface area contributed by atoms with Crippen LogP contribution in [-0.2, 0) is 11.3 Å². The van der Waals surface area contributed by atoms with Gasteiger partial charge in [-0.25, -0.2) is 4.79 Å². The number of hydrogen-bond donors (Lipinski definition) is 0. The summed E-state index contributed by atoms with van der Waals surface area (Å²) in [6.07, 6.45) is 0. The molecule has 3 aromatic rings. The fourth-order valence-electron chi connectivity index (χ4n) is 2.42. The molecule has 0 aliphatic rings. The van der Waals surface area contributed by atoms with Crippen LogP contribution in [0.3, 0.4) is 0 Å². The first-order chi connectivity index (χ1) is 11.7. The molecule has 5 nitrogen and oxygen atoms in total. The number of ether oxygens (including phenoxy) is 2. The molecule has 2 aromatic carbocycles. The van der Waals surface area contributed by atoms with Crippen molar-refractivity contribution in [3.8, 4) is 17.0 Å². The Morgan fingerprint density at radius 3 is 2.54 bits per heavy atom. The van der Waals surface area contributed by atoms with Crippen molar-refractivity contribution in [2.75, 3.05) is 7.11 Å². The number of methoxy groups -OCH3 is 1. The lowest BCUT2D eigenvalue weighted by atomic mass is 10.1. The van der Waals surface area contributed by atoms with E-state index in [1.807, 2.05) is 54.6 Å². The number of para-hydroxylation sites is 1. The average Bonchev–Trinajstić information content (AvgIpc) is 3.02. The van der Waals surface area contributed by atoms with Crippen molar-refractivity contribution in [1.82, 2.24) is 5.16 Å². The van der Waals surface area contributed by atoms with Gasteiger partial charge in [0.2, 0.25) is 0 Å². The summed E-state index contributed by atoms with van der Waals surface area (Å²) in [4.78, 5) is 12.0. The van der Waals surface area contributed by atoms with E-state index in [2.05, 4.69) is 5.16 Å². The molecular weight excluding hydrogens is 306 g/mol. The molecule has 0 N–H and O–H groups in total. The lowest BCUT2D eigenvalue weighted by molar-refractivity contribution is 0.0599. The maximum atomic E-state index is 12.0. The van der Waals surface area contributed by atoms with Crippen molar-refractivity contribution in [1.29, 1.82) is 0 Å². The Kier molecular flexibility index (Phi) is 4.61. The Labute approximate surface area is 139 Å². The second-order valence-corrected chi connectivity index (χ2v) is 5.22. The van der Waals surface area contributed by atoms with E-state index in [0.717, 1.165) is 5.56 Å². The van der Waals surface area contributed by atoms with E-state index in [4.69, 9.17) is 14.0 Å². The highest BCUT2D eigenvalue weighted by Crippen LogP contribution is 2.33. The van der Waals surface area contributed by atoms with E-state index in [0.29, 0.717) is 34.9 Å². The minimum Gasteiger partial charge on any atom is -0.488 e. The molecule has 0 bridgehead atoms. The van der Waals surface area contributed by atoms with Crippen LogP contribution in [0.1, 0.15) is 21.7 Å². The van der Waals surface area contributed by atoms with Gasteiger partial charge in [0.1, 0.15) is 29.4 Å². The fourth-order valence-corrected chi connectivity index (χ4v) is 2.42. The zero-order chi connectivity index (χ0) is 16.9. The van der Waals surface area contributed by atoms with Gasteiger partial charge in [-0.05, 0) is 24.6 Å². The number of carbonyl (C=O) groups excluding carboxylic acids is 1. The van der Waals surface area contributed by atoms with Gasteiger partial charge in [0.15, 0.2) is 0 Å². The van der Waals surface area contributed by atoms with Crippen LogP contribution in [0.2, 0.25) is 0 Å². The third kappa shape index (κ3) is 3.15. The first-order valence-electron chi connectivity index (χ1n) is 7.51. The highest BCUT2D eigenvalue weighted by molar-refractivity contribution is 5.97. The first kappa shape index (κ1) is 15.8. The van der Waals surface area contributed by atoms with Gasteiger partial charge in [-0.15, -0.1) is 0 Å². The SMILES string of the molecule is COC(=O)c1c(-c2ccccc2OCc2ccccc2)noc1C. The number of hydrogen-bond acceptors (Lipinski definition) is 5. The molecule has 1 aromatic heterocycles. The normalized spacial score (nSPS) is 10.4. The molecule has 1 heterocycles. The maximum absolute atomic E-state index is 12.0.